The van der Waals surface area contributed by atoms with Gasteiger partial charge in [-0.25, -0.2) is 0 Å². The van der Waals surface area contributed by atoms with Crippen LogP contribution < -0.4 is 5.32 Å². The number of nitrogens with one attached hydrogen (secondary N) is 1. The Bertz CT molecular complexity index is 1280. The first-order chi connectivity index (χ1) is 14.7. The molecule has 0 atom stereocenters. The number of phenols is 1. The van der Waals surface area contributed by atoms with Crippen molar-refractivity contribution in [1.29, 1.82) is 5.26 Å². The fourth-order valence-electron chi connectivity index (χ4n) is 3.37. The fraction of sp³-hybridized carbons (Fsp3) is 0.0400. The molecule has 0 spiro atoms. The number of carbonyl (C=O) groups excluding carboxylic acids is 1. The minimum absolute atomic E-state index is 0.0409. The Labute approximate surface area is 174 Å². The van der Waals surface area contributed by atoms with E-state index in [0.29, 0.717) is 6.54 Å². The molecule has 5 heteroatoms. The molecule has 0 aliphatic carbocycles. The van der Waals surface area contributed by atoms with E-state index < -0.39 is 5.91 Å². The molecule has 0 radical (unpaired) electrons. The number of hydrogen-bond donors (Lipinski definition) is 2. The van der Waals surface area contributed by atoms with Crippen molar-refractivity contribution in [2.45, 2.75) is 6.54 Å². The van der Waals surface area contributed by atoms with Crippen molar-refractivity contribution in [3.05, 3.63) is 102 Å². The number of anilines is 1. The third-order valence-corrected chi connectivity index (χ3v) is 4.83. The zero-order valence-corrected chi connectivity index (χ0v) is 16.1. The van der Waals surface area contributed by atoms with Crippen molar-refractivity contribution in [3.8, 4) is 11.8 Å². The van der Waals surface area contributed by atoms with Gasteiger partial charge in [-0.1, -0.05) is 60.7 Å². The van der Waals surface area contributed by atoms with Crippen LogP contribution in [-0.2, 0) is 11.3 Å². The molecular formula is C25H19N3O2. The standard InChI is InChI=1S/C25H19N3O2/c26-15-19(25(30)27-22-11-5-7-13-24(22)29)14-20-17-28(16-18-8-2-1-3-9-18)23-12-6-4-10-21(20)23/h1-14,17,29H,16H2,(H,27,30)/b19-14+. The zero-order valence-electron chi connectivity index (χ0n) is 16.1. The largest absolute Gasteiger partial charge is 0.506 e. The Morgan fingerprint density at radius 1 is 1.00 bits per heavy atom. The number of rotatable bonds is 5. The number of aromatic hydroxyl groups is 1. The number of benzene rings is 3. The molecule has 1 aromatic heterocycles. The molecule has 1 heterocycles. The van der Waals surface area contributed by atoms with Gasteiger partial charge in [-0.05, 0) is 29.8 Å². The van der Waals surface area contributed by atoms with Gasteiger partial charge in [0.15, 0.2) is 0 Å². The summed E-state index contributed by atoms with van der Waals surface area (Å²) in [7, 11) is 0. The first-order valence-corrected chi connectivity index (χ1v) is 9.48. The van der Waals surface area contributed by atoms with Gasteiger partial charge in [0.1, 0.15) is 17.4 Å². The summed E-state index contributed by atoms with van der Waals surface area (Å²) in [5.74, 6) is -0.624. The molecule has 0 saturated carbocycles. The van der Waals surface area contributed by atoms with Gasteiger partial charge in [-0.2, -0.15) is 5.26 Å². The van der Waals surface area contributed by atoms with Crippen LogP contribution in [0.2, 0.25) is 0 Å². The number of nitrogens with zero attached hydrogens (tertiary/aromatic N) is 2. The second kappa shape index (κ2) is 8.38. The maximum atomic E-state index is 12.6. The third-order valence-electron chi connectivity index (χ3n) is 4.83. The average Bonchev–Trinajstić information content (AvgIpc) is 3.11. The molecule has 0 fully saturated rings. The molecular weight excluding hydrogens is 374 g/mol. The van der Waals surface area contributed by atoms with E-state index in [1.807, 2.05) is 54.7 Å². The van der Waals surface area contributed by atoms with Crippen molar-refractivity contribution >= 4 is 28.6 Å². The van der Waals surface area contributed by atoms with Crippen molar-refractivity contribution in [2.24, 2.45) is 0 Å². The summed E-state index contributed by atoms with van der Waals surface area (Å²) >= 11 is 0. The quantitative estimate of drug-likeness (QED) is 0.286. The second-order valence-electron chi connectivity index (χ2n) is 6.86. The minimum Gasteiger partial charge on any atom is -0.506 e. The molecule has 3 aromatic carbocycles. The van der Waals surface area contributed by atoms with Crippen LogP contribution in [0.3, 0.4) is 0 Å². The molecule has 0 aliphatic heterocycles. The minimum atomic E-state index is -0.570. The topological polar surface area (TPSA) is 78.0 Å². The number of nitriles is 1. The van der Waals surface area contributed by atoms with Crippen LogP contribution in [0.5, 0.6) is 5.75 Å². The van der Waals surface area contributed by atoms with Gasteiger partial charge in [0.25, 0.3) is 5.91 Å². The molecule has 30 heavy (non-hydrogen) atoms. The van der Waals surface area contributed by atoms with E-state index in [-0.39, 0.29) is 17.0 Å². The second-order valence-corrected chi connectivity index (χ2v) is 6.86. The molecule has 0 saturated heterocycles. The Morgan fingerprint density at radius 3 is 2.47 bits per heavy atom. The molecule has 2 N–H and O–H groups in total. The molecule has 0 bridgehead atoms. The van der Waals surface area contributed by atoms with Crippen molar-refractivity contribution in [3.63, 3.8) is 0 Å². The Morgan fingerprint density at radius 2 is 1.70 bits per heavy atom. The number of aromatic nitrogens is 1. The van der Waals surface area contributed by atoms with Crippen LogP contribution >= 0.6 is 0 Å². The van der Waals surface area contributed by atoms with Gasteiger partial charge in [0.2, 0.25) is 0 Å². The highest BCUT2D eigenvalue weighted by atomic mass is 16.3. The SMILES string of the molecule is N#C/C(=C\c1cn(Cc2ccccc2)c2ccccc12)C(=O)Nc1ccccc1O. The summed E-state index contributed by atoms with van der Waals surface area (Å²) in [5.41, 5.74) is 3.18. The average molecular weight is 393 g/mol. The van der Waals surface area contributed by atoms with Crippen LogP contribution in [0.15, 0.2) is 90.6 Å². The Balaban J connectivity index is 1.69. The lowest BCUT2D eigenvalue weighted by Crippen LogP contribution is -2.13. The normalized spacial score (nSPS) is 11.2. The molecule has 1 amide bonds. The van der Waals surface area contributed by atoms with Crippen LogP contribution in [0, 0.1) is 11.3 Å². The first kappa shape index (κ1) is 19.0. The number of phenolic OH excluding ortho intramolecular Hbond substituents is 1. The third kappa shape index (κ3) is 3.94. The van der Waals surface area contributed by atoms with Gasteiger partial charge in [-0.3, -0.25) is 4.79 Å². The molecule has 4 rings (SSSR count). The molecule has 0 unspecified atom stereocenters. The van der Waals surface area contributed by atoms with Gasteiger partial charge >= 0.3 is 0 Å². The highest BCUT2D eigenvalue weighted by molar-refractivity contribution is 6.11. The summed E-state index contributed by atoms with van der Waals surface area (Å²) in [5, 5.41) is 23.0. The maximum absolute atomic E-state index is 12.6. The summed E-state index contributed by atoms with van der Waals surface area (Å²) < 4.78 is 2.10. The Kier molecular flexibility index (Phi) is 5.31. The fourth-order valence-corrected chi connectivity index (χ4v) is 3.37. The van der Waals surface area contributed by atoms with E-state index >= 15 is 0 Å². The molecule has 5 nitrogen and oxygen atoms in total. The molecule has 0 aliphatic rings. The summed E-state index contributed by atoms with van der Waals surface area (Å²) in [6.07, 6.45) is 3.53. The van der Waals surface area contributed by atoms with Gasteiger partial charge in [-0.15, -0.1) is 0 Å². The number of hydrogen-bond acceptors (Lipinski definition) is 3. The number of amides is 1. The van der Waals surface area contributed by atoms with Gasteiger partial charge in [0, 0.05) is 29.2 Å². The first-order valence-electron chi connectivity index (χ1n) is 9.48. The number of para-hydroxylation sites is 3. The van der Waals surface area contributed by atoms with E-state index in [1.165, 1.54) is 6.07 Å². The monoisotopic (exact) mass is 393 g/mol. The summed E-state index contributed by atoms with van der Waals surface area (Å²) in [6.45, 7) is 0.682. The smallest absolute Gasteiger partial charge is 0.266 e. The van der Waals surface area contributed by atoms with Gasteiger partial charge < -0.3 is 15.0 Å². The maximum Gasteiger partial charge on any atom is 0.266 e. The van der Waals surface area contributed by atoms with E-state index in [9.17, 15) is 15.2 Å². The lowest BCUT2D eigenvalue weighted by atomic mass is 10.1. The number of fused-ring (bicyclic) bond motifs is 1. The van der Waals surface area contributed by atoms with Crippen LogP contribution in [0.4, 0.5) is 5.69 Å². The molecule has 146 valence electrons. The summed E-state index contributed by atoms with van der Waals surface area (Å²) in [4.78, 5) is 12.6. The van der Waals surface area contributed by atoms with E-state index in [2.05, 4.69) is 22.0 Å². The van der Waals surface area contributed by atoms with Crippen molar-refractivity contribution in [1.82, 2.24) is 4.57 Å². The summed E-state index contributed by atoms with van der Waals surface area (Å²) in [6, 6.07) is 26.4. The van der Waals surface area contributed by atoms with E-state index in [4.69, 9.17) is 0 Å². The van der Waals surface area contributed by atoms with Crippen molar-refractivity contribution < 1.29 is 9.90 Å². The zero-order chi connectivity index (χ0) is 20.9. The van der Waals surface area contributed by atoms with E-state index in [0.717, 1.165) is 22.0 Å². The number of carbonyl (C=O) groups is 1. The predicted octanol–water partition coefficient (Wildman–Crippen LogP) is 4.94. The predicted molar refractivity (Wildman–Crippen MR) is 118 cm³/mol. The van der Waals surface area contributed by atoms with Gasteiger partial charge in [0.05, 0.1) is 5.69 Å². The molecule has 4 aromatic rings. The highest BCUT2D eigenvalue weighted by Crippen LogP contribution is 2.26. The Hall–Kier alpha value is -4.30. The van der Waals surface area contributed by atoms with Crippen molar-refractivity contribution in [2.75, 3.05) is 5.32 Å². The van der Waals surface area contributed by atoms with Crippen LogP contribution in [0.25, 0.3) is 17.0 Å². The van der Waals surface area contributed by atoms with Crippen LogP contribution in [-0.4, -0.2) is 15.6 Å². The lowest BCUT2D eigenvalue weighted by molar-refractivity contribution is -0.112. The lowest BCUT2D eigenvalue weighted by Gasteiger charge is -2.06. The van der Waals surface area contributed by atoms with Crippen LogP contribution in [0.1, 0.15) is 11.1 Å². The highest BCUT2D eigenvalue weighted by Gasteiger charge is 2.14. The van der Waals surface area contributed by atoms with E-state index in [1.54, 1.807) is 24.3 Å².